The Bertz CT molecular complexity index is 552. The molecule has 0 bridgehead atoms. The highest BCUT2D eigenvalue weighted by atomic mass is 16.6. The molecule has 0 saturated carbocycles. The van der Waals surface area contributed by atoms with Gasteiger partial charge in [-0.15, -0.1) is 0 Å². The predicted molar refractivity (Wildman–Crippen MR) is 55.3 cm³/mol. The molecule has 2 rings (SSSR count). The molecule has 1 aromatic carbocycles. The molecule has 0 aliphatic rings. The van der Waals surface area contributed by atoms with Gasteiger partial charge >= 0.3 is 0 Å². The van der Waals surface area contributed by atoms with Gasteiger partial charge in [0.2, 0.25) is 0 Å². The number of benzene rings is 1. The van der Waals surface area contributed by atoms with Gasteiger partial charge in [-0.25, -0.2) is 4.63 Å². The maximum Gasteiger partial charge on any atom is 0.279 e. The zero-order chi connectivity index (χ0) is 12.3. The Balaban J connectivity index is 2.16. The molecule has 0 fully saturated rings. The van der Waals surface area contributed by atoms with Gasteiger partial charge in [-0.2, -0.15) is 0 Å². The maximum absolute atomic E-state index is 11.5. The molecule has 8 heteroatoms. The van der Waals surface area contributed by atoms with E-state index in [2.05, 4.69) is 20.3 Å². The minimum absolute atomic E-state index is 0.00324. The summed E-state index contributed by atoms with van der Waals surface area (Å²) in [6, 6.07) is 5.56. The molecule has 0 atom stereocenters. The van der Waals surface area contributed by atoms with Crippen LogP contribution in [0.25, 0.3) is 0 Å². The van der Waals surface area contributed by atoms with Gasteiger partial charge < -0.3 is 5.32 Å². The number of nitro benzene ring substituents is 1. The average Bonchev–Trinajstić information content (AvgIpc) is 2.82. The molecule has 0 saturated heterocycles. The number of carbonyl (C=O) groups excluding carboxylic acids is 1. The first kappa shape index (κ1) is 10.7. The molecular weight excluding hydrogens is 228 g/mol. The number of anilines is 1. The summed E-state index contributed by atoms with van der Waals surface area (Å²) in [4.78, 5) is 21.5. The Kier molecular flexibility index (Phi) is 2.77. The second-order valence-electron chi connectivity index (χ2n) is 3.05. The Morgan fingerprint density at radius 1 is 1.47 bits per heavy atom. The molecule has 1 amide bonds. The van der Waals surface area contributed by atoms with Crippen LogP contribution in [0.5, 0.6) is 0 Å². The van der Waals surface area contributed by atoms with Gasteiger partial charge in [0.25, 0.3) is 11.6 Å². The molecule has 0 radical (unpaired) electrons. The number of hydrogen-bond donors (Lipinski definition) is 1. The fourth-order valence-corrected chi connectivity index (χ4v) is 1.16. The van der Waals surface area contributed by atoms with E-state index >= 15 is 0 Å². The summed E-state index contributed by atoms with van der Waals surface area (Å²) in [6.07, 6.45) is 1.15. The van der Waals surface area contributed by atoms with Crippen LogP contribution in [-0.2, 0) is 0 Å². The van der Waals surface area contributed by atoms with Gasteiger partial charge in [0.1, 0.15) is 6.20 Å². The number of amides is 1. The van der Waals surface area contributed by atoms with E-state index in [0.29, 0.717) is 5.69 Å². The fourth-order valence-electron chi connectivity index (χ4n) is 1.16. The van der Waals surface area contributed by atoms with Crippen molar-refractivity contribution in [1.29, 1.82) is 0 Å². The zero-order valence-electron chi connectivity index (χ0n) is 8.36. The molecule has 1 aromatic heterocycles. The first-order valence-corrected chi connectivity index (χ1v) is 4.50. The fraction of sp³-hybridized carbons (Fsp3) is 0. The van der Waals surface area contributed by atoms with Crippen molar-refractivity contribution >= 4 is 17.3 Å². The molecular formula is C9H6N4O4. The van der Waals surface area contributed by atoms with Crippen molar-refractivity contribution in [1.82, 2.24) is 10.3 Å². The predicted octanol–water partition coefficient (Wildman–Crippen LogP) is 1.23. The third kappa shape index (κ3) is 2.43. The summed E-state index contributed by atoms with van der Waals surface area (Å²) in [5.41, 5.74) is 0.185. The summed E-state index contributed by atoms with van der Waals surface area (Å²) >= 11 is 0. The summed E-state index contributed by atoms with van der Waals surface area (Å²) in [5, 5.41) is 19.6. The number of nitrogens with one attached hydrogen (secondary N) is 1. The number of carbonyl (C=O) groups is 1. The first-order chi connectivity index (χ1) is 8.16. The zero-order valence-corrected chi connectivity index (χ0v) is 8.36. The van der Waals surface area contributed by atoms with Crippen molar-refractivity contribution in [3.05, 3.63) is 46.3 Å². The van der Waals surface area contributed by atoms with Gasteiger partial charge in [-0.05, 0) is 11.2 Å². The van der Waals surface area contributed by atoms with Crippen LogP contribution >= 0.6 is 0 Å². The van der Waals surface area contributed by atoms with Crippen molar-refractivity contribution in [2.75, 3.05) is 5.32 Å². The second-order valence-corrected chi connectivity index (χ2v) is 3.05. The average molecular weight is 234 g/mol. The van der Waals surface area contributed by atoms with Crippen molar-refractivity contribution in [2.24, 2.45) is 0 Å². The summed E-state index contributed by atoms with van der Waals surface area (Å²) in [6.45, 7) is 0. The smallest absolute Gasteiger partial charge is 0.279 e. The Hall–Kier alpha value is -2.77. The molecule has 1 heterocycles. The van der Waals surface area contributed by atoms with Crippen LogP contribution in [0.15, 0.2) is 35.1 Å². The van der Waals surface area contributed by atoms with E-state index in [0.717, 1.165) is 6.20 Å². The van der Waals surface area contributed by atoms with E-state index in [1.807, 2.05) is 0 Å². The van der Waals surface area contributed by atoms with Crippen LogP contribution < -0.4 is 5.32 Å². The van der Waals surface area contributed by atoms with Crippen molar-refractivity contribution in [2.45, 2.75) is 0 Å². The minimum Gasteiger partial charge on any atom is -0.320 e. The third-order valence-corrected chi connectivity index (χ3v) is 1.91. The van der Waals surface area contributed by atoms with Crippen LogP contribution in [0.2, 0.25) is 0 Å². The summed E-state index contributed by atoms with van der Waals surface area (Å²) < 4.78 is 4.27. The highest BCUT2D eigenvalue weighted by Gasteiger charge is 2.12. The first-order valence-electron chi connectivity index (χ1n) is 4.50. The number of nitro groups is 1. The SMILES string of the molecule is O=C(Nc1cccc([N+](=O)[O-])c1)c1cnon1. The lowest BCUT2D eigenvalue weighted by atomic mass is 10.2. The lowest BCUT2D eigenvalue weighted by molar-refractivity contribution is -0.384. The van der Waals surface area contributed by atoms with E-state index in [1.165, 1.54) is 24.3 Å². The van der Waals surface area contributed by atoms with Crippen molar-refractivity contribution in [3.63, 3.8) is 0 Å². The van der Waals surface area contributed by atoms with Gasteiger partial charge in [0.15, 0.2) is 5.69 Å². The molecule has 0 aliphatic heterocycles. The van der Waals surface area contributed by atoms with Crippen LogP contribution in [0, 0.1) is 10.1 Å². The molecule has 2 aromatic rings. The second kappa shape index (κ2) is 4.39. The molecule has 0 spiro atoms. The number of hydrogen-bond acceptors (Lipinski definition) is 6. The lowest BCUT2D eigenvalue weighted by Crippen LogP contribution is -2.12. The Morgan fingerprint density at radius 2 is 2.29 bits per heavy atom. The lowest BCUT2D eigenvalue weighted by Gasteiger charge is -2.01. The van der Waals surface area contributed by atoms with E-state index in [1.54, 1.807) is 0 Å². The number of nitrogens with zero attached hydrogens (tertiary/aromatic N) is 3. The molecule has 1 N–H and O–H groups in total. The highest BCUT2D eigenvalue weighted by molar-refractivity contribution is 6.02. The topological polar surface area (TPSA) is 111 Å². The van der Waals surface area contributed by atoms with E-state index in [4.69, 9.17) is 0 Å². The molecule has 17 heavy (non-hydrogen) atoms. The monoisotopic (exact) mass is 234 g/mol. The van der Waals surface area contributed by atoms with E-state index in [9.17, 15) is 14.9 Å². The molecule has 8 nitrogen and oxygen atoms in total. The van der Waals surface area contributed by atoms with Crippen LogP contribution in [0.3, 0.4) is 0 Å². The normalized spacial score (nSPS) is 9.88. The van der Waals surface area contributed by atoms with Crippen molar-refractivity contribution in [3.8, 4) is 0 Å². The summed E-state index contributed by atoms with van der Waals surface area (Å²) in [5.74, 6) is -0.549. The number of aromatic nitrogens is 2. The van der Waals surface area contributed by atoms with Gasteiger partial charge in [-0.3, -0.25) is 14.9 Å². The third-order valence-electron chi connectivity index (χ3n) is 1.91. The van der Waals surface area contributed by atoms with Gasteiger partial charge in [0, 0.05) is 17.8 Å². The Morgan fingerprint density at radius 3 is 2.94 bits per heavy atom. The molecule has 0 aliphatic carbocycles. The molecule has 86 valence electrons. The number of non-ortho nitro benzene ring substituents is 1. The van der Waals surface area contributed by atoms with E-state index in [-0.39, 0.29) is 11.4 Å². The van der Waals surface area contributed by atoms with Gasteiger partial charge in [0.05, 0.1) is 4.92 Å². The maximum atomic E-state index is 11.5. The van der Waals surface area contributed by atoms with Crippen LogP contribution in [-0.4, -0.2) is 21.1 Å². The van der Waals surface area contributed by atoms with E-state index < -0.39 is 10.8 Å². The standard InChI is InChI=1S/C9H6N4O4/c14-9(8-5-10-17-12-8)11-6-2-1-3-7(4-6)13(15)16/h1-5H,(H,11,14). The minimum atomic E-state index is -0.549. The summed E-state index contributed by atoms with van der Waals surface area (Å²) in [7, 11) is 0. The van der Waals surface area contributed by atoms with Gasteiger partial charge in [-0.1, -0.05) is 11.2 Å². The van der Waals surface area contributed by atoms with Crippen LogP contribution in [0.1, 0.15) is 10.5 Å². The quantitative estimate of drug-likeness (QED) is 0.631. The largest absolute Gasteiger partial charge is 0.320 e. The molecule has 0 unspecified atom stereocenters. The number of rotatable bonds is 3. The van der Waals surface area contributed by atoms with Crippen LogP contribution in [0.4, 0.5) is 11.4 Å². The Labute approximate surface area is 94.4 Å². The van der Waals surface area contributed by atoms with Crippen molar-refractivity contribution < 1.29 is 14.3 Å². The highest BCUT2D eigenvalue weighted by Crippen LogP contribution is 2.17.